The summed E-state index contributed by atoms with van der Waals surface area (Å²) in [5.41, 5.74) is 1.61. The van der Waals surface area contributed by atoms with Gasteiger partial charge >= 0.3 is 5.97 Å². The highest BCUT2D eigenvalue weighted by molar-refractivity contribution is 6.31. The molecule has 41 heavy (non-hydrogen) atoms. The number of amides is 1. The lowest BCUT2D eigenvalue weighted by molar-refractivity contribution is -0.118. The highest BCUT2D eigenvalue weighted by atomic mass is 35.5. The maximum absolute atomic E-state index is 15.9. The fourth-order valence-electron chi connectivity index (χ4n) is 6.41. The van der Waals surface area contributed by atoms with Gasteiger partial charge in [0.05, 0.1) is 29.4 Å². The molecule has 1 fully saturated rings. The van der Waals surface area contributed by atoms with Gasteiger partial charge in [-0.1, -0.05) is 62.2 Å². The maximum Gasteiger partial charge on any atom is 0.335 e. The van der Waals surface area contributed by atoms with Crippen LogP contribution in [-0.4, -0.2) is 42.7 Å². The van der Waals surface area contributed by atoms with E-state index in [4.69, 9.17) is 27.9 Å². The number of rotatable bonds is 6. The number of nitrogens with one attached hydrogen (secondary N) is 3. The Morgan fingerprint density at radius 1 is 1.15 bits per heavy atom. The zero-order valence-corrected chi connectivity index (χ0v) is 24.7. The molecule has 1 amide bonds. The third kappa shape index (κ3) is 5.25. The molecule has 4 atom stereocenters. The molecule has 1 saturated heterocycles. The zero-order chi connectivity index (χ0) is 29.7. The Kier molecular flexibility index (Phi) is 7.70. The number of hydrogen-bond acceptors (Lipinski definition) is 5. The molecule has 0 radical (unpaired) electrons. The molecular weight excluding hydrogens is 568 g/mol. The number of carboxylic acids is 1. The largest absolute Gasteiger partial charge is 0.495 e. The van der Waals surface area contributed by atoms with Crippen LogP contribution < -0.4 is 20.7 Å². The van der Waals surface area contributed by atoms with Crippen molar-refractivity contribution in [3.63, 3.8) is 0 Å². The van der Waals surface area contributed by atoms with E-state index in [2.05, 4.69) is 36.7 Å². The van der Waals surface area contributed by atoms with Crippen LogP contribution in [0.1, 0.15) is 54.6 Å². The van der Waals surface area contributed by atoms with Crippen molar-refractivity contribution in [2.24, 2.45) is 5.41 Å². The van der Waals surface area contributed by atoms with E-state index in [1.54, 1.807) is 12.1 Å². The minimum atomic E-state index is -1.12. The van der Waals surface area contributed by atoms with Crippen molar-refractivity contribution in [1.29, 1.82) is 0 Å². The summed E-state index contributed by atoms with van der Waals surface area (Å²) in [4.78, 5) is 25.6. The fourth-order valence-corrected chi connectivity index (χ4v) is 6.76. The van der Waals surface area contributed by atoms with E-state index in [0.29, 0.717) is 29.2 Å². The van der Waals surface area contributed by atoms with Gasteiger partial charge in [-0.15, -0.1) is 0 Å². The molecule has 0 unspecified atom stereocenters. The average molecular weight is 601 g/mol. The first-order chi connectivity index (χ1) is 19.4. The molecule has 10 heteroatoms. The molecule has 2 heterocycles. The van der Waals surface area contributed by atoms with Crippen molar-refractivity contribution >= 4 is 46.5 Å². The summed E-state index contributed by atoms with van der Waals surface area (Å²) < 4.78 is 21.3. The van der Waals surface area contributed by atoms with E-state index in [1.807, 2.05) is 18.2 Å². The van der Waals surface area contributed by atoms with Crippen molar-refractivity contribution in [1.82, 2.24) is 5.32 Å². The average Bonchev–Trinajstić information content (AvgIpc) is 3.43. The molecule has 3 aromatic carbocycles. The SMILES string of the molecule is COc1cc(C(=O)O)ccc1NC(=O)[C@H]1N[C@@H](CC(C)(C)C)[C@@]2(CNc3cc(Cl)ccc32)[C@@H]1c1cccc(Cl)c1F. The molecule has 2 aliphatic heterocycles. The smallest absolute Gasteiger partial charge is 0.335 e. The monoisotopic (exact) mass is 599 g/mol. The van der Waals surface area contributed by atoms with Gasteiger partial charge in [0.25, 0.3) is 0 Å². The molecule has 216 valence electrons. The number of carboxylic acid groups (broad SMARTS) is 1. The third-order valence-electron chi connectivity index (χ3n) is 8.07. The predicted octanol–water partition coefficient (Wildman–Crippen LogP) is 6.70. The molecule has 7 nitrogen and oxygen atoms in total. The number of anilines is 2. The molecule has 0 aliphatic carbocycles. The summed E-state index contributed by atoms with van der Waals surface area (Å²) in [6.45, 7) is 6.84. The first kappa shape index (κ1) is 29.2. The van der Waals surface area contributed by atoms with Gasteiger partial charge in [-0.2, -0.15) is 0 Å². The first-order valence-corrected chi connectivity index (χ1v) is 14.1. The molecule has 1 spiro atoms. The number of benzene rings is 3. The third-order valence-corrected chi connectivity index (χ3v) is 8.59. The van der Waals surface area contributed by atoms with Crippen LogP contribution in [0.25, 0.3) is 0 Å². The van der Waals surface area contributed by atoms with Crippen LogP contribution in [0, 0.1) is 11.2 Å². The maximum atomic E-state index is 15.9. The van der Waals surface area contributed by atoms with Crippen molar-refractivity contribution < 1.29 is 23.8 Å². The number of aromatic carboxylic acids is 1. The summed E-state index contributed by atoms with van der Waals surface area (Å²) in [5.74, 6) is -2.55. The fraction of sp³-hybridized carbons (Fsp3) is 0.355. The van der Waals surface area contributed by atoms with Crippen molar-refractivity contribution in [3.8, 4) is 5.75 Å². The second-order valence-corrected chi connectivity index (χ2v) is 12.7. The van der Waals surface area contributed by atoms with Crippen LogP contribution in [0.3, 0.4) is 0 Å². The first-order valence-electron chi connectivity index (χ1n) is 13.3. The van der Waals surface area contributed by atoms with E-state index in [0.717, 1.165) is 11.3 Å². The van der Waals surface area contributed by atoms with Crippen LogP contribution in [0.4, 0.5) is 15.8 Å². The Labute approximate surface area is 248 Å². The van der Waals surface area contributed by atoms with Crippen molar-refractivity contribution in [2.75, 3.05) is 24.3 Å². The number of methoxy groups -OCH3 is 1. The summed E-state index contributed by atoms with van der Waals surface area (Å²) in [7, 11) is 1.40. The predicted molar refractivity (Wildman–Crippen MR) is 159 cm³/mol. The number of carbonyl (C=O) groups excluding carboxylic acids is 1. The van der Waals surface area contributed by atoms with Gasteiger partial charge < -0.3 is 25.8 Å². The van der Waals surface area contributed by atoms with Crippen LogP contribution >= 0.6 is 23.2 Å². The van der Waals surface area contributed by atoms with Gasteiger partial charge in [-0.05, 0) is 59.4 Å². The summed E-state index contributed by atoms with van der Waals surface area (Å²) in [6.07, 6.45) is 0.690. The molecular formula is C31H32Cl2FN3O4. The second kappa shape index (κ2) is 10.8. The topological polar surface area (TPSA) is 99.7 Å². The van der Waals surface area contributed by atoms with Crippen molar-refractivity contribution in [2.45, 2.75) is 50.6 Å². The zero-order valence-electron chi connectivity index (χ0n) is 23.1. The number of halogens is 3. The molecule has 0 saturated carbocycles. The minimum absolute atomic E-state index is 0.0224. The lowest BCUT2D eigenvalue weighted by Gasteiger charge is -2.39. The summed E-state index contributed by atoms with van der Waals surface area (Å²) >= 11 is 12.6. The Morgan fingerprint density at radius 2 is 1.90 bits per heavy atom. The summed E-state index contributed by atoms with van der Waals surface area (Å²) in [5, 5.41) is 19.9. The van der Waals surface area contributed by atoms with E-state index in [-0.39, 0.29) is 27.8 Å². The highest BCUT2D eigenvalue weighted by Crippen LogP contribution is 2.56. The Hall–Kier alpha value is -3.33. The molecule has 0 bridgehead atoms. The molecule has 2 aliphatic rings. The Balaban J connectivity index is 1.66. The lowest BCUT2D eigenvalue weighted by Crippen LogP contribution is -2.46. The van der Waals surface area contributed by atoms with E-state index in [1.165, 1.54) is 31.4 Å². The van der Waals surface area contributed by atoms with Gasteiger partial charge in [-0.3, -0.25) is 4.79 Å². The van der Waals surface area contributed by atoms with E-state index >= 15 is 4.39 Å². The lowest BCUT2D eigenvalue weighted by atomic mass is 9.63. The highest BCUT2D eigenvalue weighted by Gasteiger charge is 2.61. The van der Waals surface area contributed by atoms with E-state index in [9.17, 15) is 14.7 Å². The van der Waals surface area contributed by atoms with Gasteiger partial charge in [-0.25, -0.2) is 9.18 Å². The van der Waals surface area contributed by atoms with Gasteiger partial charge in [0.15, 0.2) is 0 Å². The van der Waals surface area contributed by atoms with Crippen LogP contribution in [0.2, 0.25) is 10.0 Å². The van der Waals surface area contributed by atoms with Crippen LogP contribution in [-0.2, 0) is 10.2 Å². The quantitative estimate of drug-likeness (QED) is 0.251. The second-order valence-electron chi connectivity index (χ2n) is 11.9. The van der Waals surface area contributed by atoms with E-state index < -0.39 is 35.1 Å². The van der Waals surface area contributed by atoms with Gasteiger partial charge in [0.2, 0.25) is 5.91 Å². The molecule has 4 N–H and O–H groups in total. The molecule has 5 rings (SSSR count). The Morgan fingerprint density at radius 3 is 2.59 bits per heavy atom. The minimum Gasteiger partial charge on any atom is -0.495 e. The van der Waals surface area contributed by atoms with Crippen LogP contribution in [0.15, 0.2) is 54.6 Å². The molecule has 0 aromatic heterocycles. The van der Waals surface area contributed by atoms with Gasteiger partial charge in [0, 0.05) is 34.6 Å². The Bertz CT molecular complexity index is 1530. The normalized spacial score (nSPS) is 23.2. The van der Waals surface area contributed by atoms with Crippen LogP contribution in [0.5, 0.6) is 5.75 Å². The standard InChI is InChI=1S/C31H32Cl2FN3O4/c1-30(2,3)14-24-31(15-35-22-13-17(32)9-10-19(22)31)25(18-6-5-7-20(33)26(18)34)27(37-24)28(38)36-21-11-8-16(29(39)40)12-23(21)41-4/h5-13,24-25,27,35,37H,14-15H2,1-4H3,(H,36,38)(H,39,40)/t24-,25+,27-,31-/m0/s1. The van der Waals surface area contributed by atoms with Gasteiger partial charge in [0.1, 0.15) is 11.6 Å². The number of ether oxygens (including phenoxy) is 1. The number of fused-ring (bicyclic) bond motifs is 2. The number of hydrogen-bond donors (Lipinski definition) is 4. The van der Waals surface area contributed by atoms with Crippen molar-refractivity contribution in [3.05, 3.63) is 87.2 Å². The summed E-state index contributed by atoms with van der Waals surface area (Å²) in [6, 6.07) is 13.6. The molecule has 3 aromatic rings. The number of carbonyl (C=O) groups is 2.